The van der Waals surface area contributed by atoms with Gasteiger partial charge in [0, 0.05) is 0 Å². The van der Waals surface area contributed by atoms with Crippen molar-refractivity contribution in [2.75, 3.05) is 6.61 Å². The van der Waals surface area contributed by atoms with Crippen LogP contribution < -0.4 is 16.4 Å². The number of hydrogen-bond acceptors (Lipinski definition) is 5. The van der Waals surface area contributed by atoms with Gasteiger partial charge in [-0.25, -0.2) is 4.68 Å². The molecule has 1 unspecified atom stereocenters. The Morgan fingerprint density at radius 2 is 1.68 bits per heavy atom. The van der Waals surface area contributed by atoms with E-state index in [9.17, 15) is 19.2 Å². The van der Waals surface area contributed by atoms with Gasteiger partial charge in [-0.2, -0.15) is 0 Å². The van der Waals surface area contributed by atoms with Gasteiger partial charge in [-0.3, -0.25) is 24.3 Å². The predicted molar refractivity (Wildman–Crippen MR) is 103 cm³/mol. The third-order valence-electron chi connectivity index (χ3n) is 4.21. The molecule has 0 bridgehead atoms. The van der Waals surface area contributed by atoms with Crippen LogP contribution >= 0.6 is 0 Å². The Morgan fingerprint density at radius 3 is 2.39 bits per heavy atom. The Kier molecular flexibility index (Phi) is 5.69. The van der Waals surface area contributed by atoms with Crippen LogP contribution in [0.3, 0.4) is 0 Å². The van der Waals surface area contributed by atoms with E-state index >= 15 is 0 Å². The molecule has 1 aromatic heterocycles. The molecule has 2 N–H and O–H groups in total. The van der Waals surface area contributed by atoms with E-state index in [1.54, 1.807) is 12.1 Å². The number of fused-ring (bicyclic) bond motifs is 1. The molecule has 0 fully saturated rings. The standard InChI is InChI=1S/C20H19N3O5/c1-13(14-7-3-2-4-8-14)21-17(24)12-28-18(25)11-23-20(27)16-10-6-5-9-15(16)19(26)22-23/h2-10,13H,11-12H2,1H3,(H,21,24)(H,22,26). The summed E-state index contributed by atoms with van der Waals surface area (Å²) in [5.41, 5.74) is -0.0887. The number of carbonyl (C=O) groups excluding carboxylic acids is 2. The molecule has 3 aromatic rings. The molecule has 0 saturated heterocycles. The monoisotopic (exact) mass is 381 g/mol. The summed E-state index contributed by atoms with van der Waals surface area (Å²) in [6.45, 7) is 0.831. The first kappa shape index (κ1) is 19.1. The van der Waals surface area contributed by atoms with Crippen molar-refractivity contribution < 1.29 is 14.3 Å². The van der Waals surface area contributed by atoms with Crippen molar-refractivity contribution in [2.45, 2.75) is 19.5 Å². The molecule has 8 heteroatoms. The van der Waals surface area contributed by atoms with E-state index in [4.69, 9.17) is 4.74 Å². The average molecular weight is 381 g/mol. The molecule has 1 atom stereocenters. The molecule has 0 spiro atoms. The molecule has 144 valence electrons. The molecule has 0 aliphatic rings. The van der Waals surface area contributed by atoms with Crippen LogP contribution in [0.4, 0.5) is 0 Å². The van der Waals surface area contributed by atoms with Crippen LogP contribution in [0.1, 0.15) is 18.5 Å². The van der Waals surface area contributed by atoms with Crippen molar-refractivity contribution in [3.05, 3.63) is 80.9 Å². The number of H-pyrrole nitrogens is 1. The lowest BCUT2D eigenvalue weighted by Gasteiger charge is -2.14. The Labute approximate surface area is 159 Å². The average Bonchev–Trinajstić information content (AvgIpc) is 2.71. The number of aromatic amines is 1. The highest BCUT2D eigenvalue weighted by Crippen LogP contribution is 2.10. The van der Waals surface area contributed by atoms with Crippen molar-refractivity contribution in [1.29, 1.82) is 0 Å². The summed E-state index contributed by atoms with van der Waals surface area (Å²) in [4.78, 5) is 48.3. The number of aromatic nitrogens is 2. The van der Waals surface area contributed by atoms with Crippen LogP contribution in [0.25, 0.3) is 10.8 Å². The molecule has 1 heterocycles. The first-order valence-electron chi connectivity index (χ1n) is 8.67. The van der Waals surface area contributed by atoms with E-state index in [-0.39, 0.29) is 16.8 Å². The second kappa shape index (κ2) is 8.34. The molecule has 3 rings (SSSR count). The van der Waals surface area contributed by atoms with Gasteiger partial charge in [-0.05, 0) is 24.6 Å². The molecular weight excluding hydrogens is 362 g/mol. The minimum atomic E-state index is -0.810. The first-order valence-corrected chi connectivity index (χ1v) is 8.67. The largest absolute Gasteiger partial charge is 0.454 e. The zero-order valence-corrected chi connectivity index (χ0v) is 15.2. The van der Waals surface area contributed by atoms with E-state index in [2.05, 4.69) is 10.4 Å². The van der Waals surface area contributed by atoms with Gasteiger partial charge < -0.3 is 10.1 Å². The van der Waals surface area contributed by atoms with Crippen molar-refractivity contribution >= 4 is 22.6 Å². The Morgan fingerprint density at radius 1 is 1.04 bits per heavy atom. The van der Waals surface area contributed by atoms with E-state index in [1.807, 2.05) is 37.3 Å². The normalized spacial score (nSPS) is 11.8. The van der Waals surface area contributed by atoms with Gasteiger partial charge >= 0.3 is 5.97 Å². The second-order valence-corrected chi connectivity index (χ2v) is 6.24. The first-order chi connectivity index (χ1) is 13.5. The fourth-order valence-corrected chi connectivity index (χ4v) is 2.79. The number of amides is 1. The number of nitrogens with zero attached hydrogens (tertiary/aromatic N) is 1. The molecule has 2 aromatic carbocycles. The highest BCUT2D eigenvalue weighted by molar-refractivity contribution is 5.82. The number of carbonyl (C=O) groups is 2. The number of esters is 1. The molecular formula is C20H19N3O5. The van der Waals surface area contributed by atoms with Gasteiger partial charge in [0.1, 0.15) is 6.54 Å². The highest BCUT2D eigenvalue weighted by atomic mass is 16.5. The fourth-order valence-electron chi connectivity index (χ4n) is 2.79. The van der Waals surface area contributed by atoms with Gasteiger partial charge in [0.2, 0.25) is 0 Å². The van der Waals surface area contributed by atoms with Crippen molar-refractivity contribution in [2.24, 2.45) is 0 Å². The lowest BCUT2D eigenvalue weighted by molar-refractivity contribution is -0.149. The van der Waals surface area contributed by atoms with Gasteiger partial charge in [0.25, 0.3) is 17.0 Å². The minimum Gasteiger partial charge on any atom is -0.454 e. The second-order valence-electron chi connectivity index (χ2n) is 6.24. The summed E-state index contributed by atoms with van der Waals surface area (Å²) in [6, 6.07) is 15.4. The van der Waals surface area contributed by atoms with Gasteiger partial charge in [-0.1, -0.05) is 42.5 Å². The van der Waals surface area contributed by atoms with Crippen LogP contribution in [-0.4, -0.2) is 28.3 Å². The van der Waals surface area contributed by atoms with Crippen LogP contribution in [0.2, 0.25) is 0 Å². The lowest BCUT2D eigenvalue weighted by atomic mass is 10.1. The Bertz CT molecular complexity index is 1120. The molecule has 28 heavy (non-hydrogen) atoms. The van der Waals surface area contributed by atoms with Crippen LogP contribution in [-0.2, 0) is 20.9 Å². The Balaban J connectivity index is 1.60. The summed E-state index contributed by atoms with van der Waals surface area (Å²) in [5, 5.41) is 5.50. The summed E-state index contributed by atoms with van der Waals surface area (Å²) in [7, 11) is 0. The van der Waals surface area contributed by atoms with E-state index < -0.39 is 36.1 Å². The SMILES string of the molecule is CC(NC(=O)COC(=O)Cn1[nH]c(=O)c2ccccc2c1=O)c1ccccc1. The summed E-state index contributed by atoms with van der Waals surface area (Å²) >= 11 is 0. The topological polar surface area (TPSA) is 110 Å². The van der Waals surface area contributed by atoms with Gasteiger partial charge in [-0.15, -0.1) is 0 Å². The maximum Gasteiger partial charge on any atom is 0.328 e. The minimum absolute atomic E-state index is 0.202. The van der Waals surface area contributed by atoms with Crippen molar-refractivity contribution in [1.82, 2.24) is 15.1 Å². The summed E-state index contributed by atoms with van der Waals surface area (Å²) in [5.74, 6) is -1.28. The number of hydrogen-bond donors (Lipinski definition) is 2. The quantitative estimate of drug-likeness (QED) is 0.622. The van der Waals surface area contributed by atoms with E-state index in [0.717, 1.165) is 10.2 Å². The summed E-state index contributed by atoms with van der Waals surface area (Å²) in [6.07, 6.45) is 0. The molecule has 0 radical (unpaired) electrons. The number of rotatable bonds is 6. The maximum atomic E-state index is 12.4. The van der Waals surface area contributed by atoms with Crippen molar-refractivity contribution in [3.8, 4) is 0 Å². The molecule has 8 nitrogen and oxygen atoms in total. The molecule has 1 amide bonds. The van der Waals surface area contributed by atoms with Crippen LogP contribution in [0, 0.1) is 0 Å². The number of ether oxygens (including phenoxy) is 1. The van der Waals surface area contributed by atoms with Crippen LogP contribution in [0.5, 0.6) is 0 Å². The molecule has 0 aliphatic heterocycles. The Hall–Kier alpha value is -3.68. The maximum absolute atomic E-state index is 12.4. The highest BCUT2D eigenvalue weighted by Gasteiger charge is 2.14. The van der Waals surface area contributed by atoms with E-state index in [0.29, 0.717) is 0 Å². The molecule has 0 saturated carbocycles. The zero-order valence-electron chi connectivity index (χ0n) is 15.2. The van der Waals surface area contributed by atoms with Crippen molar-refractivity contribution in [3.63, 3.8) is 0 Å². The smallest absolute Gasteiger partial charge is 0.328 e. The van der Waals surface area contributed by atoms with Gasteiger partial charge in [0.05, 0.1) is 16.8 Å². The number of nitrogens with one attached hydrogen (secondary N) is 2. The fraction of sp³-hybridized carbons (Fsp3) is 0.200. The number of benzene rings is 2. The third-order valence-corrected chi connectivity index (χ3v) is 4.21. The molecule has 0 aliphatic carbocycles. The third kappa shape index (κ3) is 4.35. The van der Waals surface area contributed by atoms with Gasteiger partial charge in [0.15, 0.2) is 6.61 Å². The zero-order chi connectivity index (χ0) is 20.1. The van der Waals surface area contributed by atoms with Crippen LogP contribution in [0.15, 0.2) is 64.2 Å². The lowest BCUT2D eigenvalue weighted by Crippen LogP contribution is -2.35. The van der Waals surface area contributed by atoms with E-state index in [1.165, 1.54) is 12.1 Å². The predicted octanol–water partition coefficient (Wildman–Crippen LogP) is 1.11. The summed E-state index contributed by atoms with van der Waals surface area (Å²) < 4.78 is 5.79.